The van der Waals surface area contributed by atoms with Crippen molar-refractivity contribution in [2.24, 2.45) is 12.2 Å². The van der Waals surface area contributed by atoms with Crippen LogP contribution in [0.15, 0.2) is 17.6 Å². The van der Waals surface area contributed by atoms with Gasteiger partial charge in [-0.05, 0) is 12.0 Å². The van der Waals surface area contributed by atoms with E-state index in [1.165, 1.54) is 6.20 Å². The van der Waals surface area contributed by atoms with Gasteiger partial charge in [-0.3, -0.25) is 4.79 Å². The summed E-state index contributed by atoms with van der Waals surface area (Å²) in [6.07, 6.45) is 3.70. The molecule has 80 valence electrons. The third kappa shape index (κ3) is 3.32. The van der Waals surface area contributed by atoms with E-state index in [9.17, 15) is 4.79 Å². The maximum absolute atomic E-state index is 11.5. The number of aromatic nitrogens is 2. The summed E-state index contributed by atoms with van der Waals surface area (Å²) in [7, 11) is 1.75. The van der Waals surface area contributed by atoms with Crippen molar-refractivity contribution in [3.05, 3.63) is 28.7 Å². The van der Waals surface area contributed by atoms with Crippen LogP contribution in [0, 0.1) is 0 Å². The lowest BCUT2D eigenvalue weighted by Gasteiger charge is -2.03. The van der Waals surface area contributed by atoms with Gasteiger partial charge in [-0.15, -0.1) is 0 Å². The van der Waals surface area contributed by atoms with E-state index in [1.807, 2.05) is 0 Å². The summed E-state index contributed by atoms with van der Waals surface area (Å²) in [5.41, 5.74) is 8.53. The molecule has 0 saturated carbocycles. The first-order valence-electron chi connectivity index (χ1n) is 4.51. The zero-order chi connectivity index (χ0) is 11.1. The van der Waals surface area contributed by atoms with E-state index in [1.54, 1.807) is 17.9 Å². The van der Waals surface area contributed by atoms with Crippen LogP contribution in [0.2, 0.25) is 0 Å². The largest absolute Gasteiger partial charge is 0.351 e. The van der Waals surface area contributed by atoms with Crippen molar-refractivity contribution >= 4 is 5.91 Å². The van der Waals surface area contributed by atoms with E-state index >= 15 is 0 Å². The highest BCUT2D eigenvalue weighted by atomic mass is 16.1. The van der Waals surface area contributed by atoms with E-state index < -0.39 is 0 Å². The summed E-state index contributed by atoms with van der Waals surface area (Å²) in [5.74, 6) is -0.170. The van der Waals surface area contributed by atoms with Crippen molar-refractivity contribution in [2.75, 3.05) is 13.1 Å². The number of imidazole rings is 1. The van der Waals surface area contributed by atoms with E-state index in [-0.39, 0.29) is 5.91 Å². The molecular formula is C8H12N6O. The first-order valence-corrected chi connectivity index (χ1v) is 4.51. The molecular weight excluding hydrogens is 196 g/mol. The van der Waals surface area contributed by atoms with Crippen molar-refractivity contribution in [3.8, 4) is 0 Å². The summed E-state index contributed by atoms with van der Waals surface area (Å²) >= 11 is 0. The Bertz CT molecular complexity index is 378. The average Bonchev–Trinajstić information content (AvgIpc) is 2.64. The lowest BCUT2D eigenvalue weighted by Crippen LogP contribution is -2.26. The molecule has 1 N–H and O–H groups in total. The summed E-state index contributed by atoms with van der Waals surface area (Å²) in [5, 5.41) is 6.06. The van der Waals surface area contributed by atoms with E-state index in [0.29, 0.717) is 25.2 Å². The Morgan fingerprint density at radius 1 is 1.80 bits per heavy atom. The van der Waals surface area contributed by atoms with Crippen molar-refractivity contribution in [2.45, 2.75) is 6.42 Å². The molecule has 0 aliphatic heterocycles. The summed E-state index contributed by atoms with van der Waals surface area (Å²) in [4.78, 5) is 17.9. The van der Waals surface area contributed by atoms with Crippen molar-refractivity contribution in [1.29, 1.82) is 0 Å². The Morgan fingerprint density at radius 2 is 2.60 bits per heavy atom. The maximum Gasteiger partial charge on any atom is 0.269 e. The Labute approximate surface area is 86.7 Å². The monoisotopic (exact) mass is 208 g/mol. The van der Waals surface area contributed by atoms with Gasteiger partial charge < -0.3 is 9.88 Å². The van der Waals surface area contributed by atoms with Crippen LogP contribution in [0.1, 0.15) is 16.9 Å². The molecule has 0 aromatic carbocycles. The highest BCUT2D eigenvalue weighted by molar-refractivity contribution is 5.92. The molecule has 0 atom stereocenters. The fraction of sp³-hybridized carbons (Fsp3) is 0.500. The quantitative estimate of drug-likeness (QED) is 0.336. The van der Waals surface area contributed by atoms with Gasteiger partial charge in [-0.1, -0.05) is 5.11 Å². The van der Waals surface area contributed by atoms with Crippen molar-refractivity contribution in [1.82, 2.24) is 14.9 Å². The number of carbonyl (C=O) groups is 1. The second-order valence-electron chi connectivity index (χ2n) is 2.95. The summed E-state index contributed by atoms with van der Waals surface area (Å²) in [6, 6.07) is 0. The number of amides is 1. The molecule has 7 heteroatoms. The molecule has 1 rings (SSSR count). The molecule has 0 radical (unpaired) electrons. The van der Waals surface area contributed by atoms with Crippen LogP contribution in [-0.4, -0.2) is 28.5 Å². The second kappa shape index (κ2) is 5.66. The standard InChI is InChI=1S/C8H12N6O/c1-14-6-10-5-7(14)8(15)11-3-2-4-12-13-9/h5-6H,2-4H2,1H3,(H,11,15). The van der Waals surface area contributed by atoms with Gasteiger partial charge in [0.25, 0.3) is 5.91 Å². The zero-order valence-corrected chi connectivity index (χ0v) is 8.42. The SMILES string of the molecule is Cn1cncc1C(=O)NCCCN=[N+]=[N-]. The minimum Gasteiger partial charge on any atom is -0.351 e. The Balaban J connectivity index is 2.31. The summed E-state index contributed by atoms with van der Waals surface area (Å²) in [6.45, 7) is 0.880. The van der Waals surface area contributed by atoms with E-state index in [4.69, 9.17) is 5.53 Å². The van der Waals surface area contributed by atoms with Crippen molar-refractivity contribution < 1.29 is 4.79 Å². The molecule has 0 aliphatic rings. The zero-order valence-electron chi connectivity index (χ0n) is 8.42. The van der Waals surface area contributed by atoms with E-state index in [2.05, 4.69) is 20.3 Å². The lowest BCUT2D eigenvalue weighted by molar-refractivity contribution is 0.0945. The fourth-order valence-electron chi connectivity index (χ4n) is 1.06. The van der Waals surface area contributed by atoms with Crippen LogP contribution < -0.4 is 5.32 Å². The fourth-order valence-corrected chi connectivity index (χ4v) is 1.06. The molecule has 1 heterocycles. The van der Waals surface area contributed by atoms with Crippen molar-refractivity contribution in [3.63, 3.8) is 0 Å². The molecule has 0 fully saturated rings. The lowest BCUT2D eigenvalue weighted by atomic mass is 10.4. The molecule has 1 aromatic rings. The number of nitrogens with one attached hydrogen (secondary N) is 1. The Morgan fingerprint density at radius 3 is 3.20 bits per heavy atom. The molecule has 0 spiro atoms. The highest BCUT2D eigenvalue weighted by Crippen LogP contribution is 1.95. The van der Waals surface area contributed by atoms with Gasteiger partial charge in [-0.2, -0.15) is 0 Å². The van der Waals surface area contributed by atoms with Crippen LogP contribution in [0.3, 0.4) is 0 Å². The van der Waals surface area contributed by atoms with Gasteiger partial charge in [0, 0.05) is 25.0 Å². The van der Waals surface area contributed by atoms with E-state index in [0.717, 1.165) is 0 Å². The first kappa shape index (κ1) is 11.1. The highest BCUT2D eigenvalue weighted by Gasteiger charge is 2.07. The number of rotatable bonds is 5. The Kier molecular flexibility index (Phi) is 4.18. The third-order valence-electron chi connectivity index (χ3n) is 1.83. The number of nitrogens with zero attached hydrogens (tertiary/aromatic N) is 5. The van der Waals surface area contributed by atoms with Gasteiger partial charge in [0.2, 0.25) is 0 Å². The molecule has 7 nitrogen and oxygen atoms in total. The minimum absolute atomic E-state index is 0.170. The van der Waals surface area contributed by atoms with Crippen LogP contribution in [0.5, 0.6) is 0 Å². The molecule has 0 aliphatic carbocycles. The number of hydrogen-bond donors (Lipinski definition) is 1. The van der Waals surface area contributed by atoms with Gasteiger partial charge in [0.1, 0.15) is 5.69 Å². The first-order chi connectivity index (χ1) is 7.25. The van der Waals surface area contributed by atoms with Crippen LogP contribution >= 0.6 is 0 Å². The normalized spacial score (nSPS) is 9.40. The molecule has 1 amide bonds. The van der Waals surface area contributed by atoms with Gasteiger partial charge in [0.05, 0.1) is 12.5 Å². The third-order valence-corrected chi connectivity index (χ3v) is 1.83. The van der Waals surface area contributed by atoms with Gasteiger partial charge in [-0.25, -0.2) is 4.98 Å². The number of aryl methyl sites for hydroxylation is 1. The van der Waals surface area contributed by atoms with Crippen LogP contribution in [0.25, 0.3) is 10.4 Å². The number of azide groups is 1. The maximum atomic E-state index is 11.5. The molecule has 0 unspecified atom stereocenters. The molecule has 0 bridgehead atoms. The number of hydrogen-bond acceptors (Lipinski definition) is 3. The van der Waals surface area contributed by atoms with Crippen LogP contribution in [-0.2, 0) is 7.05 Å². The predicted octanol–water partition coefficient (Wildman–Crippen LogP) is 0.850. The molecule has 1 aromatic heterocycles. The second-order valence-corrected chi connectivity index (χ2v) is 2.95. The topological polar surface area (TPSA) is 95.7 Å². The van der Waals surface area contributed by atoms with Gasteiger partial charge >= 0.3 is 0 Å². The van der Waals surface area contributed by atoms with Crippen LogP contribution in [0.4, 0.5) is 0 Å². The average molecular weight is 208 g/mol. The Hall–Kier alpha value is -2.01. The minimum atomic E-state index is -0.170. The van der Waals surface area contributed by atoms with Gasteiger partial charge in [0.15, 0.2) is 0 Å². The molecule has 0 saturated heterocycles. The predicted molar refractivity (Wildman–Crippen MR) is 54.2 cm³/mol. The molecule has 15 heavy (non-hydrogen) atoms. The number of carbonyl (C=O) groups excluding carboxylic acids is 1. The smallest absolute Gasteiger partial charge is 0.269 e. The summed E-state index contributed by atoms with van der Waals surface area (Å²) < 4.78 is 1.64.